The van der Waals surface area contributed by atoms with Crippen molar-refractivity contribution >= 4 is 5.91 Å². The quantitative estimate of drug-likeness (QED) is 0.849. The van der Waals surface area contributed by atoms with E-state index in [1.165, 1.54) is 0 Å². The second-order valence-corrected chi connectivity index (χ2v) is 6.86. The monoisotopic (exact) mass is 346 g/mol. The molecular weight excluding hydrogens is 320 g/mol. The van der Waals surface area contributed by atoms with E-state index >= 15 is 0 Å². The number of aryl methyl sites for hydroxylation is 2. The molecular formula is C17H26N6O2. The van der Waals surface area contributed by atoms with Gasteiger partial charge in [-0.3, -0.25) is 14.2 Å². The van der Waals surface area contributed by atoms with Crippen LogP contribution in [0.25, 0.3) is 0 Å². The molecule has 0 fully saturated rings. The summed E-state index contributed by atoms with van der Waals surface area (Å²) in [6, 6.07) is 3.81. The lowest BCUT2D eigenvalue weighted by Gasteiger charge is -2.20. The van der Waals surface area contributed by atoms with Crippen LogP contribution >= 0.6 is 0 Å². The van der Waals surface area contributed by atoms with Gasteiger partial charge in [-0.05, 0) is 39.6 Å². The largest absolute Gasteiger partial charge is 0.385 e. The van der Waals surface area contributed by atoms with Crippen molar-refractivity contribution in [3.05, 3.63) is 35.4 Å². The Labute approximate surface area is 147 Å². The van der Waals surface area contributed by atoms with Gasteiger partial charge >= 0.3 is 0 Å². The van der Waals surface area contributed by atoms with Crippen molar-refractivity contribution < 1.29 is 9.90 Å². The number of likely N-dealkylation sites (N-methyl/N-ethyl adjacent to an activating group) is 1. The number of nitrogens with zero attached hydrogens (tertiary/aromatic N) is 6. The molecule has 1 aliphatic heterocycles. The molecule has 1 atom stereocenters. The molecule has 0 radical (unpaired) electrons. The average Bonchev–Trinajstić information content (AvgIpc) is 3.07. The lowest BCUT2D eigenvalue weighted by molar-refractivity contribution is -0.132. The Kier molecular flexibility index (Phi) is 5.19. The Morgan fingerprint density at radius 1 is 1.40 bits per heavy atom. The zero-order valence-corrected chi connectivity index (χ0v) is 15.1. The molecule has 0 spiro atoms. The summed E-state index contributed by atoms with van der Waals surface area (Å²) in [5, 5.41) is 19.0. The lowest BCUT2D eigenvalue weighted by Crippen LogP contribution is -2.34. The third-order valence-corrected chi connectivity index (χ3v) is 4.48. The molecule has 1 N–H and O–H groups in total. The Morgan fingerprint density at radius 3 is 2.88 bits per heavy atom. The minimum Gasteiger partial charge on any atom is -0.385 e. The van der Waals surface area contributed by atoms with Crippen LogP contribution in [-0.2, 0) is 24.4 Å². The first-order valence-electron chi connectivity index (χ1n) is 8.59. The molecule has 8 nitrogen and oxygen atoms in total. The fourth-order valence-electron chi connectivity index (χ4n) is 3.09. The van der Waals surface area contributed by atoms with Crippen LogP contribution in [0.4, 0.5) is 0 Å². The number of fused-ring (bicyclic) bond motifs is 1. The van der Waals surface area contributed by atoms with Crippen molar-refractivity contribution in [2.75, 3.05) is 27.2 Å². The van der Waals surface area contributed by atoms with Crippen LogP contribution < -0.4 is 0 Å². The fourth-order valence-corrected chi connectivity index (χ4v) is 3.09. The topological polar surface area (TPSA) is 79.4 Å². The molecule has 1 amide bonds. The zero-order chi connectivity index (χ0) is 18.0. The molecule has 0 aromatic carbocycles. The first-order chi connectivity index (χ1) is 11.9. The fraction of sp³-hybridized carbons (Fsp3) is 0.588. The van der Waals surface area contributed by atoms with Crippen molar-refractivity contribution in [1.29, 1.82) is 0 Å². The first-order valence-corrected chi connectivity index (χ1v) is 8.59. The molecule has 0 aliphatic carbocycles. The summed E-state index contributed by atoms with van der Waals surface area (Å²) < 4.78 is 3.64. The minimum absolute atomic E-state index is 0.0526. The minimum atomic E-state index is -0.620. The van der Waals surface area contributed by atoms with Crippen LogP contribution in [0.15, 0.2) is 18.3 Å². The molecule has 1 unspecified atom stereocenters. The standard InChI is InChI=1S/C17H26N6O2/c1-13-5-6-18-23(13)12-17(25)21-7-4-8-22-14(10-21)9-15(19-22)16(24)11-20(2)3/h5-6,9,16,24H,4,7-8,10-12H2,1-3H3. The molecule has 3 rings (SSSR count). The van der Waals surface area contributed by atoms with E-state index < -0.39 is 6.10 Å². The predicted octanol–water partition coefficient (Wildman–Crippen LogP) is 0.416. The number of amides is 1. The summed E-state index contributed by atoms with van der Waals surface area (Å²) in [6.45, 7) is 4.70. The maximum atomic E-state index is 12.6. The van der Waals surface area contributed by atoms with Gasteiger partial charge in [-0.25, -0.2) is 0 Å². The molecule has 0 saturated heterocycles. The molecule has 3 heterocycles. The van der Waals surface area contributed by atoms with Crippen LogP contribution in [0.5, 0.6) is 0 Å². The molecule has 2 aromatic rings. The number of aliphatic hydroxyl groups is 1. The number of carbonyl (C=O) groups excluding carboxylic acids is 1. The normalized spacial score (nSPS) is 16.0. The van der Waals surface area contributed by atoms with Crippen LogP contribution in [0.2, 0.25) is 0 Å². The van der Waals surface area contributed by atoms with Gasteiger partial charge in [0.25, 0.3) is 0 Å². The predicted molar refractivity (Wildman–Crippen MR) is 92.7 cm³/mol. The Balaban J connectivity index is 1.71. The highest BCUT2D eigenvalue weighted by Gasteiger charge is 2.23. The van der Waals surface area contributed by atoms with Crippen molar-refractivity contribution in [2.24, 2.45) is 0 Å². The van der Waals surface area contributed by atoms with E-state index in [0.29, 0.717) is 25.3 Å². The third kappa shape index (κ3) is 4.08. The molecule has 1 aliphatic rings. The second-order valence-electron chi connectivity index (χ2n) is 6.86. The van der Waals surface area contributed by atoms with Crippen molar-refractivity contribution in [2.45, 2.75) is 39.1 Å². The number of aliphatic hydroxyl groups excluding tert-OH is 1. The van der Waals surface area contributed by atoms with Gasteiger partial charge in [-0.15, -0.1) is 0 Å². The average molecular weight is 346 g/mol. The third-order valence-electron chi connectivity index (χ3n) is 4.48. The van der Waals surface area contributed by atoms with Gasteiger partial charge in [0.1, 0.15) is 12.6 Å². The van der Waals surface area contributed by atoms with Crippen molar-refractivity contribution in [1.82, 2.24) is 29.4 Å². The molecule has 0 bridgehead atoms. The maximum absolute atomic E-state index is 12.6. The van der Waals surface area contributed by atoms with Gasteiger partial charge in [-0.2, -0.15) is 10.2 Å². The van der Waals surface area contributed by atoms with E-state index in [1.54, 1.807) is 10.9 Å². The molecule has 25 heavy (non-hydrogen) atoms. The second kappa shape index (κ2) is 7.37. The zero-order valence-electron chi connectivity index (χ0n) is 15.1. The van der Waals surface area contributed by atoms with Crippen molar-refractivity contribution in [3.63, 3.8) is 0 Å². The molecule has 2 aromatic heterocycles. The van der Waals surface area contributed by atoms with Crippen LogP contribution in [0.1, 0.15) is 29.6 Å². The summed E-state index contributed by atoms with van der Waals surface area (Å²) in [6.07, 6.45) is 1.94. The number of rotatable bonds is 5. The van der Waals surface area contributed by atoms with Gasteiger partial charge in [0, 0.05) is 31.5 Å². The Hall–Kier alpha value is -2.19. The van der Waals surface area contributed by atoms with Crippen molar-refractivity contribution in [3.8, 4) is 0 Å². The smallest absolute Gasteiger partial charge is 0.244 e. The van der Waals surface area contributed by atoms with Gasteiger partial charge in [-0.1, -0.05) is 0 Å². The molecule has 136 valence electrons. The van der Waals surface area contributed by atoms with Crippen LogP contribution in [0.3, 0.4) is 0 Å². The van der Waals surface area contributed by atoms with Crippen LogP contribution in [-0.4, -0.2) is 67.6 Å². The number of aromatic nitrogens is 4. The highest BCUT2D eigenvalue weighted by atomic mass is 16.3. The molecule has 0 saturated carbocycles. The lowest BCUT2D eigenvalue weighted by atomic mass is 10.2. The summed E-state index contributed by atoms with van der Waals surface area (Å²) in [4.78, 5) is 16.4. The Morgan fingerprint density at radius 2 is 2.20 bits per heavy atom. The van der Waals surface area contributed by atoms with E-state index in [-0.39, 0.29) is 12.5 Å². The Bertz CT molecular complexity index is 735. The van der Waals surface area contributed by atoms with Gasteiger partial charge in [0.15, 0.2) is 0 Å². The van der Waals surface area contributed by atoms with Gasteiger partial charge in [0.2, 0.25) is 5.91 Å². The summed E-state index contributed by atoms with van der Waals surface area (Å²) in [5.74, 6) is 0.0526. The number of carbonyl (C=O) groups is 1. The van der Waals surface area contributed by atoms with Gasteiger partial charge in [0.05, 0.1) is 17.9 Å². The highest BCUT2D eigenvalue weighted by Crippen LogP contribution is 2.19. The van der Waals surface area contributed by atoms with Gasteiger partial charge < -0.3 is 14.9 Å². The number of hydrogen-bond acceptors (Lipinski definition) is 5. The summed E-state index contributed by atoms with van der Waals surface area (Å²) >= 11 is 0. The number of hydrogen-bond donors (Lipinski definition) is 1. The van der Waals surface area contributed by atoms with E-state index in [4.69, 9.17) is 0 Å². The summed E-state index contributed by atoms with van der Waals surface area (Å²) in [7, 11) is 3.84. The highest BCUT2D eigenvalue weighted by molar-refractivity contribution is 5.76. The van der Waals surface area contributed by atoms with E-state index in [0.717, 1.165) is 24.4 Å². The first kappa shape index (κ1) is 17.6. The molecule has 8 heteroatoms. The van der Waals surface area contributed by atoms with E-state index in [2.05, 4.69) is 10.2 Å². The SMILES string of the molecule is Cc1ccnn1CC(=O)N1CCCn2nc(C(O)CN(C)C)cc2C1. The van der Waals surface area contributed by atoms with Crippen LogP contribution in [0, 0.1) is 6.92 Å². The van der Waals surface area contributed by atoms with E-state index in [1.807, 2.05) is 47.6 Å². The maximum Gasteiger partial charge on any atom is 0.244 e. The van der Waals surface area contributed by atoms with E-state index in [9.17, 15) is 9.90 Å². The summed E-state index contributed by atoms with van der Waals surface area (Å²) in [5.41, 5.74) is 2.61.